The summed E-state index contributed by atoms with van der Waals surface area (Å²) in [6, 6.07) is 4.42. The van der Waals surface area contributed by atoms with Crippen molar-refractivity contribution in [1.29, 1.82) is 0 Å². The number of unbranched alkanes of at least 4 members (excludes halogenated alkanes) is 2. The lowest BCUT2D eigenvalue weighted by Gasteiger charge is -2.16. The number of carbonyl (C=O) groups is 2. The molecule has 0 radical (unpaired) electrons. The average Bonchev–Trinajstić information content (AvgIpc) is 2.45. The Morgan fingerprint density at radius 2 is 2.10 bits per heavy atom. The third kappa shape index (κ3) is 5.75. The topological polar surface area (TPSA) is 75.6 Å². The Morgan fingerprint density at radius 3 is 2.67 bits per heavy atom. The van der Waals surface area contributed by atoms with Crippen LogP contribution in [0.15, 0.2) is 22.7 Å². The second kappa shape index (κ2) is 8.67. The summed E-state index contributed by atoms with van der Waals surface area (Å²) in [6.45, 7) is 4.40. The van der Waals surface area contributed by atoms with Gasteiger partial charge in [0.15, 0.2) is 6.10 Å². The molecule has 2 N–H and O–H groups in total. The van der Waals surface area contributed by atoms with E-state index in [9.17, 15) is 9.59 Å². The van der Waals surface area contributed by atoms with Gasteiger partial charge in [0.2, 0.25) is 0 Å². The van der Waals surface area contributed by atoms with Gasteiger partial charge in [-0.1, -0.05) is 19.8 Å². The van der Waals surface area contributed by atoms with Crippen molar-refractivity contribution < 1.29 is 19.4 Å². The number of nitrogens with one attached hydrogen (secondary N) is 1. The molecule has 116 valence electrons. The monoisotopic (exact) mass is 357 g/mol. The van der Waals surface area contributed by atoms with Gasteiger partial charge in [-0.05, 0) is 47.5 Å². The zero-order chi connectivity index (χ0) is 15.8. The van der Waals surface area contributed by atoms with Crippen molar-refractivity contribution in [2.45, 2.75) is 39.2 Å². The summed E-state index contributed by atoms with van der Waals surface area (Å²) < 4.78 is 6.05. The first-order valence-corrected chi connectivity index (χ1v) is 7.72. The first-order chi connectivity index (χ1) is 9.95. The van der Waals surface area contributed by atoms with E-state index in [0.717, 1.165) is 19.3 Å². The lowest BCUT2D eigenvalue weighted by molar-refractivity contribution is -0.127. The highest BCUT2D eigenvalue weighted by molar-refractivity contribution is 9.10. The van der Waals surface area contributed by atoms with Crippen LogP contribution in [-0.4, -0.2) is 29.6 Å². The van der Waals surface area contributed by atoms with Gasteiger partial charge in [0.1, 0.15) is 5.75 Å². The molecule has 0 bridgehead atoms. The molecule has 5 nitrogen and oxygen atoms in total. The van der Waals surface area contributed by atoms with Crippen LogP contribution in [0, 0.1) is 0 Å². The maximum absolute atomic E-state index is 11.9. The molecule has 0 aliphatic heterocycles. The number of halogens is 1. The zero-order valence-corrected chi connectivity index (χ0v) is 13.8. The van der Waals surface area contributed by atoms with Crippen LogP contribution >= 0.6 is 15.9 Å². The van der Waals surface area contributed by atoms with Crippen LogP contribution in [0.5, 0.6) is 5.75 Å². The predicted molar refractivity (Wildman–Crippen MR) is 83.7 cm³/mol. The van der Waals surface area contributed by atoms with Gasteiger partial charge in [-0.25, -0.2) is 4.79 Å². The van der Waals surface area contributed by atoms with E-state index in [4.69, 9.17) is 9.84 Å². The SMILES string of the molecule is CCCCCNC(=O)C(C)Oc1ccc(C(=O)O)cc1Br. The summed E-state index contributed by atoms with van der Waals surface area (Å²) in [4.78, 5) is 22.7. The summed E-state index contributed by atoms with van der Waals surface area (Å²) in [5.74, 6) is -0.750. The number of ether oxygens (including phenoxy) is 1. The zero-order valence-electron chi connectivity index (χ0n) is 12.2. The smallest absolute Gasteiger partial charge is 0.335 e. The van der Waals surface area contributed by atoms with Gasteiger partial charge in [0, 0.05) is 6.54 Å². The van der Waals surface area contributed by atoms with Crippen molar-refractivity contribution in [3.8, 4) is 5.75 Å². The van der Waals surface area contributed by atoms with Gasteiger partial charge in [-0.3, -0.25) is 4.79 Å². The van der Waals surface area contributed by atoms with Gasteiger partial charge in [0.05, 0.1) is 10.0 Å². The van der Waals surface area contributed by atoms with Gasteiger partial charge in [0.25, 0.3) is 5.91 Å². The molecule has 0 spiro atoms. The molecule has 0 aromatic heterocycles. The van der Waals surface area contributed by atoms with Crippen LogP contribution in [0.1, 0.15) is 43.5 Å². The molecule has 21 heavy (non-hydrogen) atoms. The summed E-state index contributed by atoms with van der Waals surface area (Å²) in [5, 5.41) is 11.7. The highest BCUT2D eigenvalue weighted by atomic mass is 79.9. The Hall–Kier alpha value is -1.56. The molecule has 1 aromatic rings. The number of carbonyl (C=O) groups excluding carboxylic acids is 1. The second-order valence-corrected chi connectivity index (χ2v) is 5.56. The molecular weight excluding hydrogens is 338 g/mol. The number of hydrogen-bond donors (Lipinski definition) is 2. The summed E-state index contributed by atoms with van der Waals surface area (Å²) in [6.07, 6.45) is 2.49. The van der Waals surface area contributed by atoms with Crippen molar-refractivity contribution in [2.24, 2.45) is 0 Å². The van der Waals surface area contributed by atoms with Gasteiger partial charge >= 0.3 is 5.97 Å². The van der Waals surface area contributed by atoms with Crippen molar-refractivity contribution in [3.05, 3.63) is 28.2 Å². The molecule has 1 unspecified atom stereocenters. The van der Waals surface area contributed by atoms with Crippen LogP contribution < -0.4 is 10.1 Å². The maximum Gasteiger partial charge on any atom is 0.335 e. The van der Waals surface area contributed by atoms with E-state index in [2.05, 4.69) is 28.2 Å². The van der Waals surface area contributed by atoms with Crippen LogP contribution in [0.4, 0.5) is 0 Å². The maximum atomic E-state index is 11.9. The molecular formula is C15H20BrNO4. The highest BCUT2D eigenvalue weighted by Gasteiger charge is 2.16. The molecule has 1 amide bonds. The molecule has 1 rings (SSSR count). The normalized spacial score (nSPS) is 11.8. The van der Waals surface area contributed by atoms with E-state index < -0.39 is 12.1 Å². The van der Waals surface area contributed by atoms with E-state index in [1.165, 1.54) is 18.2 Å². The second-order valence-electron chi connectivity index (χ2n) is 4.71. The minimum absolute atomic E-state index is 0.158. The fourth-order valence-corrected chi connectivity index (χ4v) is 2.18. The fraction of sp³-hybridized carbons (Fsp3) is 0.467. The molecule has 0 aliphatic rings. The first-order valence-electron chi connectivity index (χ1n) is 6.93. The van der Waals surface area contributed by atoms with Gasteiger partial charge in [-0.15, -0.1) is 0 Å². The van der Waals surface area contributed by atoms with Crippen LogP contribution in [0.25, 0.3) is 0 Å². The Kier molecular flexibility index (Phi) is 7.22. The van der Waals surface area contributed by atoms with Crippen molar-refractivity contribution in [2.75, 3.05) is 6.54 Å². The number of carboxylic acid groups (broad SMARTS) is 1. The van der Waals surface area contributed by atoms with E-state index in [-0.39, 0.29) is 11.5 Å². The van der Waals surface area contributed by atoms with Crippen LogP contribution in [-0.2, 0) is 4.79 Å². The number of aromatic carboxylic acids is 1. The Bertz CT molecular complexity index is 504. The lowest BCUT2D eigenvalue weighted by Crippen LogP contribution is -2.36. The molecule has 0 saturated heterocycles. The molecule has 1 aromatic carbocycles. The Balaban J connectivity index is 2.56. The molecule has 0 saturated carbocycles. The number of rotatable bonds is 8. The van der Waals surface area contributed by atoms with Crippen LogP contribution in [0.3, 0.4) is 0 Å². The Morgan fingerprint density at radius 1 is 1.38 bits per heavy atom. The minimum Gasteiger partial charge on any atom is -0.480 e. The molecule has 1 atom stereocenters. The quantitative estimate of drug-likeness (QED) is 0.700. The predicted octanol–water partition coefficient (Wildman–Crippen LogP) is 3.22. The lowest BCUT2D eigenvalue weighted by atomic mass is 10.2. The van der Waals surface area contributed by atoms with E-state index in [1.807, 2.05) is 0 Å². The summed E-state index contributed by atoms with van der Waals surface area (Å²) in [5.41, 5.74) is 0.158. The van der Waals surface area contributed by atoms with Gasteiger partial charge < -0.3 is 15.2 Å². The average molecular weight is 358 g/mol. The fourth-order valence-electron chi connectivity index (χ4n) is 1.70. The van der Waals surface area contributed by atoms with E-state index >= 15 is 0 Å². The molecule has 0 aliphatic carbocycles. The minimum atomic E-state index is -1.01. The number of hydrogen-bond acceptors (Lipinski definition) is 3. The van der Waals surface area contributed by atoms with Crippen LogP contribution in [0.2, 0.25) is 0 Å². The number of amides is 1. The summed E-state index contributed by atoms with van der Waals surface area (Å²) in [7, 11) is 0. The van der Waals surface area contributed by atoms with Crippen molar-refractivity contribution in [3.63, 3.8) is 0 Å². The standard InChI is InChI=1S/C15H20BrNO4/c1-3-4-5-8-17-14(18)10(2)21-13-7-6-11(15(19)20)9-12(13)16/h6-7,9-10H,3-5,8H2,1-2H3,(H,17,18)(H,19,20). The van der Waals surface area contributed by atoms with Crippen molar-refractivity contribution in [1.82, 2.24) is 5.32 Å². The Labute approximate surface area is 132 Å². The van der Waals surface area contributed by atoms with Crippen molar-refractivity contribution >= 4 is 27.8 Å². The first kappa shape index (κ1) is 17.5. The number of benzene rings is 1. The summed E-state index contributed by atoms with van der Waals surface area (Å²) >= 11 is 3.25. The largest absolute Gasteiger partial charge is 0.480 e. The molecule has 0 heterocycles. The highest BCUT2D eigenvalue weighted by Crippen LogP contribution is 2.27. The molecule has 6 heteroatoms. The van der Waals surface area contributed by atoms with E-state index in [0.29, 0.717) is 16.8 Å². The van der Waals surface area contributed by atoms with Gasteiger partial charge in [-0.2, -0.15) is 0 Å². The number of carboxylic acids is 1. The third-order valence-corrected chi connectivity index (χ3v) is 3.55. The van der Waals surface area contributed by atoms with E-state index in [1.54, 1.807) is 6.92 Å². The molecule has 0 fully saturated rings. The third-order valence-electron chi connectivity index (χ3n) is 2.93.